The Morgan fingerprint density at radius 3 is 1.14 bits per heavy atom. The Kier molecular flexibility index (Phi) is 9.76. The third kappa shape index (κ3) is 6.84. The van der Waals surface area contributed by atoms with Crippen LogP contribution in [0, 0.1) is 27.7 Å². The lowest BCUT2D eigenvalue weighted by molar-refractivity contribution is 0.0390. The lowest BCUT2D eigenvalue weighted by Crippen LogP contribution is -2.40. The van der Waals surface area contributed by atoms with E-state index in [4.69, 9.17) is 28.7 Å². The van der Waals surface area contributed by atoms with Crippen molar-refractivity contribution in [3.8, 4) is 46.0 Å². The van der Waals surface area contributed by atoms with Gasteiger partial charge in [-0.2, -0.15) is 0 Å². The zero-order valence-corrected chi connectivity index (χ0v) is 41.1. The van der Waals surface area contributed by atoms with Gasteiger partial charge in [0.2, 0.25) is 0 Å². The van der Waals surface area contributed by atoms with Crippen LogP contribution in [0.25, 0.3) is 64.9 Å². The Morgan fingerprint density at radius 1 is 0.382 bits per heavy atom. The highest BCUT2D eigenvalue weighted by molar-refractivity contribution is 6.47. The highest BCUT2D eigenvalue weighted by Crippen LogP contribution is 2.58. The first-order valence-corrected chi connectivity index (χ1v) is 24.6. The van der Waals surface area contributed by atoms with Crippen LogP contribution in [-0.2, 0) is 4.74 Å². The third-order valence-electron chi connectivity index (χ3n) is 14.3. The van der Waals surface area contributed by atoms with Gasteiger partial charge in [-0.1, -0.05) is 76.9 Å². The maximum Gasteiger partial charge on any atom is 0.346 e. The molecule has 0 N–H and O–H groups in total. The van der Waals surface area contributed by atoms with Gasteiger partial charge in [-0.3, -0.25) is 19.6 Å². The number of pyridine rings is 2. The lowest BCUT2D eigenvalue weighted by atomic mass is 9.81. The normalized spacial score (nSPS) is 13.2. The molecular weight excluding hydrogens is 955 g/mol. The summed E-state index contributed by atoms with van der Waals surface area (Å²) in [5, 5.41) is 4.19. The molecule has 0 fully saturated rings. The number of rotatable bonds is 9. The quantitative estimate of drug-likeness (QED) is 0.0448. The topological polar surface area (TPSA) is 143 Å². The van der Waals surface area contributed by atoms with Crippen molar-refractivity contribution in [1.29, 1.82) is 0 Å². The minimum absolute atomic E-state index is 0.0722. The van der Waals surface area contributed by atoms with Crippen LogP contribution in [0.5, 0.6) is 46.0 Å². The predicted molar refractivity (Wildman–Crippen MR) is 291 cm³/mol. The Hall–Kier alpha value is -10.2. The number of hydrogen-bond acceptors (Lipinski definition) is 11. The maximum atomic E-state index is 15.9. The van der Waals surface area contributed by atoms with Crippen molar-refractivity contribution >= 4 is 94.3 Å². The zero-order valence-electron chi connectivity index (χ0n) is 41.1. The summed E-state index contributed by atoms with van der Waals surface area (Å²) in [4.78, 5) is 70.9. The van der Waals surface area contributed by atoms with Crippen molar-refractivity contribution in [3.63, 3.8) is 0 Å². The van der Waals surface area contributed by atoms with E-state index in [2.05, 4.69) is 4.98 Å². The number of imide groups is 1. The summed E-state index contributed by atoms with van der Waals surface area (Å²) in [6, 6.07) is 45.4. The second kappa shape index (κ2) is 16.7. The molecule has 0 atom stereocenters. The van der Waals surface area contributed by atoms with Crippen LogP contribution in [0.4, 0.5) is 5.69 Å². The number of fused-ring (bicyclic) bond motifs is 5. The van der Waals surface area contributed by atoms with E-state index in [0.29, 0.717) is 88.2 Å². The highest BCUT2D eigenvalue weighted by atomic mass is 16.6. The molecule has 0 bridgehead atoms. The second-order valence-electron chi connectivity index (χ2n) is 19.3. The Morgan fingerprint density at radius 2 is 0.737 bits per heavy atom. The molecule has 2 aliphatic heterocycles. The molecule has 0 saturated heterocycles. The van der Waals surface area contributed by atoms with Crippen molar-refractivity contribution in [2.24, 2.45) is 0 Å². The van der Waals surface area contributed by atoms with Gasteiger partial charge in [0.25, 0.3) is 11.8 Å². The number of esters is 2. The van der Waals surface area contributed by atoms with E-state index in [1.54, 1.807) is 54.9 Å². The Balaban J connectivity index is 1.19. The number of carbonyl (C=O) groups is 4. The number of ether oxygens (including phenoxy) is 5. The van der Waals surface area contributed by atoms with Crippen LogP contribution < -0.4 is 23.8 Å². The van der Waals surface area contributed by atoms with E-state index in [9.17, 15) is 9.59 Å². The summed E-state index contributed by atoms with van der Waals surface area (Å²) < 4.78 is 33.5. The number of cyclic esters (lactones) is 2. The minimum atomic E-state index is -0.872. The molecule has 4 heterocycles. The van der Waals surface area contributed by atoms with Crippen LogP contribution in [0.1, 0.15) is 63.7 Å². The number of hydrogen-bond donors (Lipinski definition) is 0. The van der Waals surface area contributed by atoms with Crippen LogP contribution in [0.2, 0.25) is 0 Å². The summed E-state index contributed by atoms with van der Waals surface area (Å²) in [7, 11) is 0. The molecule has 12 heteroatoms. The van der Waals surface area contributed by atoms with Crippen molar-refractivity contribution in [2.45, 2.75) is 27.7 Å². The number of nitrogens with zero attached hydrogens (tertiary/aromatic N) is 3. The van der Waals surface area contributed by atoms with Gasteiger partial charge in [-0.15, -0.1) is 0 Å². The predicted octanol–water partition coefficient (Wildman–Crippen LogP) is 15.3. The van der Waals surface area contributed by atoms with E-state index >= 15 is 9.59 Å². The highest BCUT2D eigenvalue weighted by Gasteiger charge is 2.41. The fraction of sp³-hybridized carbons (Fsp3) is 0.0625. The van der Waals surface area contributed by atoms with E-state index in [-0.39, 0.29) is 50.6 Å². The van der Waals surface area contributed by atoms with E-state index in [1.165, 1.54) is 4.90 Å². The molecule has 14 rings (SSSR count). The van der Waals surface area contributed by atoms with Crippen LogP contribution in [-0.4, -0.2) is 33.7 Å². The Bertz CT molecular complexity index is 4310. The number of benzene rings is 10. The second-order valence-corrected chi connectivity index (χ2v) is 19.3. The van der Waals surface area contributed by atoms with Gasteiger partial charge < -0.3 is 23.7 Å². The molecule has 0 unspecified atom stereocenters. The van der Waals surface area contributed by atoms with Crippen LogP contribution >= 0.6 is 0 Å². The molecule has 10 aromatic carbocycles. The summed E-state index contributed by atoms with van der Waals surface area (Å²) in [5.41, 5.74) is 5.84. The van der Waals surface area contributed by atoms with Gasteiger partial charge >= 0.3 is 11.9 Å². The van der Waals surface area contributed by atoms with Crippen molar-refractivity contribution in [3.05, 3.63) is 209 Å². The maximum absolute atomic E-state index is 15.9. The number of aryl methyl sites for hydroxylation is 4. The van der Waals surface area contributed by atoms with E-state index in [1.807, 2.05) is 137 Å². The van der Waals surface area contributed by atoms with Gasteiger partial charge in [-0.05, 0) is 125 Å². The smallest absolute Gasteiger partial charge is 0.346 e. The van der Waals surface area contributed by atoms with Crippen molar-refractivity contribution in [1.82, 2.24) is 9.97 Å². The molecule has 0 spiro atoms. The average molecular weight is 994 g/mol. The molecule has 2 aliphatic rings. The largest absolute Gasteiger partial charge is 0.457 e. The number of aromatic nitrogens is 2. The van der Waals surface area contributed by atoms with Crippen molar-refractivity contribution < 1.29 is 42.9 Å². The number of amides is 2. The fourth-order valence-electron chi connectivity index (χ4n) is 10.8. The zero-order chi connectivity index (χ0) is 51.7. The van der Waals surface area contributed by atoms with E-state index in [0.717, 1.165) is 22.3 Å². The fourth-order valence-corrected chi connectivity index (χ4v) is 10.8. The molecule has 2 aromatic heterocycles. The van der Waals surface area contributed by atoms with Crippen LogP contribution in [0.3, 0.4) is 0 Å². The lowest BCUT2D eigenvalue weighted by Gasteiger charge is -2.31. The Labute approximate surface area is 432 Å². The van der Waals surface area contributed by atoms with Gasteiger partial charge in [0.15, 0.2) is 0 Å². The van der Waals surface area contributed by atoms with Gasteiger partial charge in [-0.25, -0.2) is 14.5 Å². The number of anilines is 1. The summed E-state index contributed by atoms with van der Waals surface area (Å²) in [5.74, 6) is -0.449. The van der Waals surface area contributed by atoms with Gasteiger partial charge in [0.05, 0.1) is 39.0 Å². The third-order valence-corrected chi connectivity index (χ3v) is 14.3. The molecule has 0 saturated carbocycles. The molecule has 364 valence electrons. The standard InChI is InChI=1S/C64H39N3O9/c1-32-9-17-37(18-10-32)72-47-28-42-51-43(62(69)67(61(42)68)46-27-36-7-5-25-65-59(36)60-41(46)8-6-26-66-60)29-48(73-38-19-11-33(2)12-20-38)54-56-50(75-40-23-15-35(4)16-24-40)31-45-52-44(63(70)76-64(45)71)30-49(55(58(52)56)53(47)57(51)54)74-39-21-13-34(3)14-22-39/h5-31H,1-4H3. The van der Waals surface area contributed by atoms with Gasteiger partial charge in [0, 0.05) is 66.3 Å². The molecule has 2 amide bonds. The average Bonchev–Trinajstić information content (AvgIpc) is 3.42. The van der Waals surface area contributed by atoms with Gasteiger partial charge in [0.1, 0.15) is 46.0 Å². The molecule has 0 radical (unpaired) electrons. The monoisotopic (exact) mass is 993 g/mol. The van der Waals surface area contributed by atoms with Crippen LogP contribution in [0.15, 0.2) is 164 Å². The van der Waals surface area contributed by atoms with E-state index < -0.39 is 23.8 Å². The first-order valence-electron chi connectivity index (χ1n) is 24.6. The molecule has 12 nitrogen and oxygen atoms in total. The first kappa shape index (κ1) is 44.5. The SMILES string of the molecule is Cc1ccc(Oc2cc3c4c(cc(Oc5ccc(C)cc5)c5c6c(Oc7ccc(C)cc7)cc7c8c(cc(Oc9ccc(C)cc9)c(c2c45)c86)C(=O)N(c2cc4cccnc4c4ncccc24)C7=O)C(=O)OC3=O)cc1. The summed E-state index contributed by atoms with van der Waals surface area (Å²) in [6.45, 7) is 7.87. The first-order chi connectivity index (χ1) is 36.9. The molecular formula is C64H39N3O9. The molecule has 12 aromatic rings. The minimum Gasteiger partial charge on any atom is -0.457 e. The molecule has 0 aliphatic carbocycles. The summed E-state index contributed by atoms with van der Waals surface area (Å²) >= 11 is 0. The van der Waals surface area contributed by atoms with Crippen molar-refractivity contribution in [2.75, 3.05) is 4.90 Å². The summed E-state index contributed by atoms with van der Waals surface area (Å²) in [6.07, 6.45) is 3.33. The molecule has 76 heavy (non-hydrogen) atoms. The number of carbonyl (C=O) groups excluding carboxylic acids is 4.